The van der Waals surface area contributed by atoms with Gasteiger partial charge < -0.3 is 15.0 Å². The number of aldehydes is 1. The summed E-state index contributed by atoms with van der Waals surface area (Å²) in [6, 6.07) is 10.2. The van der Waals surface area contributed by atoms with Crippen molar-refractivity contribution in [2.75, 3.05) is 25.0 Å². The van der Waals surface area contributed by atoms with Gasteiger partial charge in [0.25, 0.3) is 11.8 Å². The molecule has 2 rings (SSSR count). The van der Waals surface area contributed by atoms with E-state index in [-0.39, 0.29) is 17.2 Å². The van der Waals surface area contributed by atoms with Gasteiger partial charge in [-0.2, -0.15) is 0 Å². The number of nitrogens with zero attached hydrogens (tertiary/aromatic N) is 2. The molecule has 0 heterocycles. The largest absolute Gasteiger partial charge is 0.477 e. The second kappa shape index (κ2) is 9.98. The van der Waals surface area contributed by atoms with Crippen LogP contribution in [0.5, 0.6) is 5.75 Å². The molecule has 0 aliphatic heterocycles. The number of nitro groups is 1. The minimum absolute atomic E-state index is 0.124. The van der Waals surface area contributed by atoms with Crippen molar-refractivity contribution in [1.29, 1.82) is 0 Å². The van der Waals surface area contributed by atoms with Crippen LogP contribution < -0.4 is 10.1 Å². The second-order valence-electron chi connectivity index (χ2n) is 6.00. The molecular weight excluding hydrogens is 378 g/mol. The number of nitrogens with one attached hydrogen (secondary N) is 1. The summed E-state index contributed by atoms with van der Waals surface area (Å²) in [5, 5.41) is 13.7. The van der Waals surface area contributed by atoms with Crippen LogP contribution in [-0.2, 0) is 4.79 Å². The fourth-order valence-electron chi connectivity index (χ4n) is 2.64. The van der Waals surface area contributed by atoms with Crippen LogP contribution in [0.2, 0.25) is 0 Å². The number of nitro benzene ring substituents is 1. The first kappa shape index (κ1) is 21.5. The third-order valence-electron chi connectivity index (χ3n) is 4.12. The smallest absolute Gasteiger partial charge is 0.311 e. The molecule has 0 aliphatic carbocycles. The van der Waals surface area contributed by atoms with Gasteiger partial charge in [-0.05, 0) is 44.2 Å². The van der Waals surface area contributed by atoms with E-state index in [1.165, 1.54) is 12.1 Å². The molecule has 1 N–H and O–H groups in total. The number of hydrogen-bond donors (Lipinski definition) is 1. The Bertz CT molecular complexity index is 924. The van der Waals surface area contributed by atoms with Crippen LogP contribution in [0, 0.1) is 10.1 Å². The zero-order valence-electron chi connectivity index (χ0n) is 16.1. The maximum absolute atomic E-state index is 12.4. The number of carbonyl (C=O) groups excluding carboxylic acids is 3. The monoisotopic (exact) mass is 399 g/mol. The third-order valence-corrected chi connectivity index (χ3v) is 4.12. The Labute approximate surface area is 167 Å². The molecule has 0 unspecified atom stereocenters. The first-order valence-corrected chi connectivity index (χ1v) is 8.95. The average Bonchev–Trinajstić information content (AvgIpc) is 2.73. The van der Waals surface area contributed by atoms with Gasteiger partial charge >= 0.3 is 5.69 Å². The maximum Gasteiger partial charge on any atom is 0.311 e. The number of rotatable bonds is 9. The summed E-state index contributed by atoms with van der Waals surface area (Å²) in [7, 11) is 0. The summed E-state index contributed by atoms with van der Waals surface area (Å²) >= 11 is 0. The molecule has 0 saturated heterocycles. The van der Waals surface area contributed by atoms with E-state index in [0.717, 1.165) is 6.07 Å². The van der Waals surface area contributed by atoms with Gasteiger partial charge in [-0.15, -0.1) is 0 Å². The van der Waals surface area contributed by atoms with E-state index in [0.29, 0.717) is 30.6 Å². The van der Waals surface area contributed by atoms with Gasteiger partial charge in [0.1, 0.15) is 6.29 Å². The van der Waals surface area contributed by atoms with Gasteiger partial charge in [0.2, 0.25) is 0 Å². The van der Waals surface area contributed by atoms with Crippen molar-refractivity contribution >= 4 is 29.5 Å². The van der Waals surface area contributed by atoms with Crippen LogP contribution in [-0.4, -0.2) is 47.6 Å². The van der Waals surface area contributed by atoms with E-state index in [2.05, 4.69) is 5.32 Å². The highest BCUT2D eigenvalue weighted by molar-refractivity contribution is 5.97. The molecular formula is C20H21N3O6. The van der Waals surface area contributed by atoms with Crippen molar-refractivity contribution in [3.63, 3.8) is 0 Å². The Morgan fingerprint density at radius 2 is 1.90 bits per heavy atom. The van der Waals surface area contributed by atoms with E-state index < -0.39 is 23.1 Å². The molecule has 0 aliphatic rings. The van der Waals surface area contributed by atoms with Crippen molar-refractivity contribution in [2.24, 2.45) is 0 Å². The highest BCUT2D eigenvalue weighted by atomic mass is 16.6. The van der Waals surface area contributed by atoms with Crippen molar-refractivity contribution in [3.05, 3.63) is 63.7 Å². The molecule has 2 aromatic rings. The summed E-state index contributed by atoms with van der Waals surface area (Å²) < 4.78 is 5.24. The Morgan fingerprint density at radius 1 is 1.17 bits per heavy atom. The summed E-state index contributed by atoms with van der Waals surface area (Å²) in [6.45, 7) is 4.43. The summed E-state index contributed by atoms with van der Waals surface area (Å²) in [6.07, 6.45) is 0.482. The summed E-state index contributed by atoms with van der Waals surface area (Å²) in [5.41, 5.74) is 0.562. The predicted molar refractivity (Wildman–Crippen MR) is 106 cm³/mol. The molecule has 9 nitrogen and oxygen atoms in total. The molecule has 29 heavy (non-hydrogen) atoms. The Hall–Kier alpha value is -3.75. The molecule has 0 saturated carbocycles. The zero-order chi connectivity index (χ0) is 21.4. The lowest BCUT2D eigenvalue weighted by Crippen LogP contribution is -2.30. The molecule has 9 heteroatoms. The topological polar surface area (TPSA) is 119 Å². The maximum atomic E-state index is 12.4. The molecule has 2 aromatic carbocycles. The van der Waals surface area contributed by atoms with Gasteiger partial charge in [-0.3, -0.25) is 24.5 Å². The summed E-state index contributed by atoms with van der Waals surface area (Å²) in [4.78, 5) is 47.4. The minimum Gasteiger partial charge on any atom is -0.477 e. The van der Waals surface area contributed by atoms with Gasteiger partial charge in [-0.1, -0.05) is 6.07 Å². The van der Waals surface area contributed by atoms with E-state index >= 15 is 0 Å². The lowest BCUT2D eigenvalue weighted by Gasteiger charge is -2.19. The molecule has 0 atom stereocenters. The predicted octanol–water partition coefficient (Wildman–Crippen LogP) is 2.91. The summed E-state index contributed by atoms with van der Waals surface area (Å²) in [5.74, 6) is -0.819. The van der Waals surface area contributed by atoms with Gasteiger partial charge in [0, 0.05) is 36.0 Å². The van der Waals surface area contributed by atoms with Crippen LogP contribution in [0.4, 0.5) is 11.4 Å². The van der Waals surface area contributed by atoms with Crippen molar-refractivity contribution in [3.8, 4) is 5.75 Å². The number of benzene rings is 2. The van der Waals surface area contributed by atoms with Gasteiger partial charge in [0.05, 0.1) is 4.92 Å². The fourth-order valence-corrected chi connectivity index (χ4v) is 2.64. The lowest BCUT2D eigenvalue weighted by atomic mass is 10.1. The zero-order valence-corrected chi connectivity index (χ0v) is 16.1. The van der Waals surface area contributed by atoms with Crippen molar-refractivity contribution < 1.29 is 24.0 Å². The molecule has 2 amide bonds. The van der Waals surface area contributed by atoms with E-state index in [4.69, 9.17) is 4.74 Å². The molecule has 0 radical (unpaired) electrons. The van der Waals surface area contributed by atoms with Crippen molar-refractivity contribution in [2.45, 2.75) is 13.8 Å². The van der Waals surface area contributed by atoms with E-state index in [9.17, 15) is 24.5 Å². The van der Waals surface area contributed by atoms with Crippen LogP contribution in [0.15, 0.2) is 42.5 Å². The molecule has 0 aromatic heterocycles. The Morgan fingerprint density at radius 3 is 2.52 bits per heavy atom. The number of carbonyl (C=O) groups is 3. The van der Waals surface area contributed by atoms with E-state index in [1.807, 2.05) is 13.8 Å². The van der Waals surface area contributed by atoms with E-state index in [1.54, 1.807) is 29.2 Å². The van der Waals surface area contributed by atoms with Crippen molar-refractivity contribution in [1.82, 2.24) is 4.90 Å². The van der Waals surface area contributed by atoms with Crippen LogP contribution in [0.25, 0.3) is 0 Å². The second-order valence-corrected chi connectivity index (χ2v) is 6.00. The quantitative estimate of drug-likeness (QED) is 0.393. The van der Waals surface area contributed by atoms with Gasteiger partial charge in [0.15, 0.2) is 12.4 Å². The third kappa shape index (κ3) is 5.61. The highest BCUT2D eigenvalue weighted by Crippen LogP contribution is 2.27. The molecule has 0 fully saturated rings. The first-order chi connectivity index (χ1) is 13.9. The number of anilines is 1. The van der Waals surface area contributed by atoms with Crippen LogP contribution in [0.1, 0.15) is 34.6 Å². The minimum atomic E-state index is -0.692. The number of hydrogen-bond acceptors (Lipinski definition) is 6. The SMILES string of the molecule is CCN(CC)C(=O)c1cccc(NC(=O)COc2ccc(C=O)cc2[N+](=O)[O-])c1. The van der Waals surface area contributed by atoms with Crippen LogP contribution >= 0.6 is 0 Å². The Balaban J connectivity index is 2.05. The molecule has 0 bridgehead atoms. The first-order valence-electron chi connectivity index (χ1n) is 8.95. The lowest BCUT2D eigenvalue weighted by molar-refractivity contribution is -0.385. The molecule has 0 spiro atoms. The number of ether oxygens (including phenoxy) is 1. The highest BCUT2D eigenvalue weighted by Gasteiger charge is 2.18. The Kier molecular flexibility index (Phi) is 7.41. The number of amides is 2. The average molecular weight is 399 g/mol. The molecule has 152 valence electrons. The standard InChI is InChI=1S/C20H21N3O6/c1-3-22(4-2)20(26)15-6-5-7-16(11-15)21-19(25)13-29-18-9-8-14(12-24)10-17(18)23(27)28/h5-12H,3-4,13H2,1-2H3,(H,21,25). The fraction of sp³-hybridized carbons (Fsp3) is 0.250. The van der Waals surface area contributed by atoms with Gasteiger partial charge in [-0.25, -0.2) is 0 Å². The van der Waals surface area contributed by atoms with Crippen LogP contribution in [0.3, 0.4) is 0 Å². The normalized spacial score (nSPS) is 10.1.